The molecule has 6 heteroatoms. The lowest BCUT2D eigenvalue weighted by Crippen LogP contribution is -2.29. The Morgan fingerprint density at radius 3 is 2.70 bits per heavy atom. The van der Waals surface area contributed by atoms with Crippen LogP contribution in [0.3, 0.4) is 0 Å². The summed E-state index contributed by atoms with van der Waals surface area (Å²) in [6.45, 7) is 6.32. The lowest BCUT2D eigenvalue weighted by Gasteiger charge is -2.16. The molecule has 1 fully saturated rings. The molecule has 0 saturated carbocycles. The first kappa shape index (κ1) is 18.2. The molecule has 27 heavy (non-hydrogen) atoms. The molecule has 142 valence electrons. The van der Waals surface area contributed by atoms with Crippen molar-refractivity contribution in [1.82, 2.24) is 14.7 Å². The number of fused-ring (bicyclic) bond motifs is 1. The molecule has 0 aliphatic carbocycles. The number of benzene rings is 1. The summed E-state index contributed by atoms with van der Waals surface area (Å²) in [5.74, 6) is 1.06. The molecule has 0 radical (unpaired) electrons. The van der Waals surface area contributed by atoms with E-state index in [-0.39, 0.29) is 5.91 Å². The standard InChI is InChI=1S/C21H26N4OS/c1-13(2)19-16-9-18(27-21(16)24(3)23-19)20(26)25-11-15(10-22)17(12-25)14-7-5-4-6-8-14/h4-9,13,15,17H,10-12,22H2,1-3H3/t15-,17+/m1/s1. The topological polar surface area (TPSA) is 64.2 Å². The highest BCUT2D eigenvalue weighted by molar-refractivity contribution is 7.20. The SMILES string of the molecule is CC(C)c1nn(C)c2sc(C(=O)N3C[C@@H](CN)[C@H](c4ccccc4)C3)cc12. The van der Waals surface area contributed by atoms with Crippen LogP contribution in [0.1, 0.15) is 46.6 Å². The van der Waals surface area contributed by atoms with Gasteiger partial charge in [-0.1, -0.05) is 44.2 Å². The average Bonchev–Trinajstić information content (AvgIpc) is 3.36. The second-order valence-corrected chi connectivity index (χ2v) is 8.75. The second kappa shape index (κ2) is 7.09. The molecule has 1 amide bonds. The number of aryl methyl sites for hydroxylation is 1. The van der Waals surface area contributed by atoms with E-state index in [0.29, 0.717) is 24.3 Å². The maximum Gasteiger partial charge on any atom is 0.264 e. The van der Waals surface area contributed by atoms with Crippen LogP contribution in [0.2, 0.25) is 0 Å². The van der Waals surface area contributed by atoms with E-state index in [1.54, 1.807) is 11.3 Å². The molecular formula is C21H26N4OS. The van der Waals surface area contributed by atoms with Gasteiger partial charge in [0.05, 0.1) is 10.6 Å². The zero-order valence-electron chi connectivity index (χ0n) is 16.1. The van der Waals surface area contributed by atoms with Crippen molar-refractivity contribution in [2.24, 2.45) is 18.7 Å². The minimum absolute atomic E-state index is 0.114. The number of amides is 1. The Bertz CT molecular complexity index is 959. The monoisotopic (exact) mass is 382 g/mol. The fourth-order valence-corrected chi connectivity index (χ4v) is 5.16. The molecular weight excluding hydrogens is 356 g/mol. The number of likely N-dealkylation sites (tertiary alicyclic amines) is 1. The smallest absolute Gasteiger partial charge is 0.264 e. The van der Waals surface area contributed by atoms with Gasteiger partial charge in [0.2, 0.25) is 0 Å². The quantitative estimate of drug-likeness (QED) is 0.750. The summed E-state index contributed by atoms with van der Waals surface area (Å²) in [6.07, 6.45) is 0. The molecule has 2 N–H and O–H groups in total. The minimum Gasteiger partial charge on any atom is -0.337 e. The molecule has 2 aromatic heterocycles. The number of nitrogens with zero attached hydrogens (tertiary/aromatic N) is 3. The minimum atomic E-state index is 0.114. The molecule has 1 aliphatic rings. The predicted molar refractivity (Wildman–Crippen MR) is 110 cm³/mol. The van der Waals surface area contributed by atoms with Gasteiger partial charge in [-0.3, -0.25) is 9.48 Å². The number of carbonyl (C=O) groups excluding carboxylic acids is 1. The predicted octanol–water partition coefficient (Wildman–Crippen LogP) is 3.57. The van der Waals surface area contributed by atoms with E-state index in [2.05, 4.69) is 43.2 Å². The Morgan fingerprint density at radius 2 is 2.04 bits per heavy atom. The lowest BCUT2D eigenvalue weighted by atomic mass is 9.89. The fourth-order valence-electron chi connectivity index (χ4n) is 4.11. The summed E-state index contributed by atoms with van der Waals surface area (Å²) >= 11 is 1.54. The van der Waals surface area contributed by atoms with Gasteiger partial charge >= 0.3 is 0 Å². The van der Waals surface area contributed by atoms with Crippen LogP contribution in [0.5, 0.6) is 0 Å². The molecule has 2 atom stereocenters. The van der Waals surface area contributed by atoms with Crippen LogP contribution < -0.4 is 5.73 Å². The highest BCUT2D eigenvalue weighted by atomic mass is 32.1. The molecule has 0 bridgehead atoms. The second-order valence-electron chi connectivity index (χ2n) is 7.72. The van der Waals surface area contributed by atoms with Gasteiger partial charge in [-0.2, -0.15) is 5.10 Å². The highest BCUT2D eigenvalue weighted by Crippen LogP contribution is 2.36. The molecule has 1 aliphatic heterocycles. The molecule has 0 unspecified atom stereocenters. The maximum absolute atomic E-state index is 13.2. The number of thiophene rings is 1. The zero-order valence-corrected chi connectivity index (χ0v) is 16.9. The molecule has 1 saturated heterocycles. The van der Waals surface area contributed by atoms with E-state index in [1.165, 1.54) is 5.56 Å². The van der Waals surface area contributed by atoms with E-state index >= 15 is 0 Å². The van der Waals surface area contributed by atoms with Gasteiger partial charge in [-0.15, -0.1) is 11.3 Å². The summed E-state index contributed by atoms with van der Waals surface area (Å²) in [5, 5.41) is 5.72. The third-order valence-electron chi connectivity index (χ3n) is 5.56. The third-order valence-corrected chi connectivity index (χ3v) is 6.75. The largest absolute Gasteiger partial charge is 0.337 e. The summed E-state index contributed by atoms with van der Waals surface area (Å²) in [5.41, 5.74) is 8.36. The first-order valence-electron chi connectivity index (χ1n) is 9.50. The number of hydrogen-bond donors (Lipinski definition) is 1. The maximum atomic E-state index is 13.2. The Morgan fingerprint density at radius 1 is 1.30 bits per heavy atom. The van der Waals surface area contributed by atoms with Crippen molar-refractivity contribution in [2.45, 2.75) is 25.7 Å². The molecule has 3 heterocycles. The van der Waals surface area contributed by atoms with Gasteiger partial charge in [-0.05, 0) is 30.0 Å². The van der Waals surface area contributed by atoms with Crippen LogP contribution in [0, 0.1) is 5.92 Å². The van der Waals surface area contributed by atoms with Crippen molar-refractivity contribution < 1.29 is 4.79 Å². The van der Waals surface area contributed by atoms with E-state index in [4.69, 9.17) is 5.73 Å². The zero-order chi connectivity index (χ0) is 19.1. The van der Waals surface area contributed by atoms with Crippen LogP contribution in [0.4, 0.5) is 0 Å². The Labute approximate surface area is 163 Å². The Hall–Kier alpha value is -2.18. The molecule has 3 aromatic rings. The average molecular weight is 383 g/mol. The Kier molecular flexibility index (Phi) is 4.78. The van der Waals surface area contributed by atoms with E-state index in [0.717, 1.165) is 33.9 Å². The van der Waals surface area contributed by atoms with Crippen LogP contribution in [0.25, 0.3) is 10.2 Å². The fraction of sp³-hybridized carbons (Fsp3) is 0.429. The van der Waals surface area contributed by atoms with Gasteiger partial charge in [0.25, 0.3) is 5.91 Å². The van der Waals surface area contributed by atoms with Crippen molar-refractivity contribution in [3.8, 4) is 0 Å². The van der Waals surface area contributed by atoms with Crippen LogP contribution in [-0.4, -0.2) is 40.2 Å². The van der Waals surface area contributed by atoms with Gasteiger partial charge < -0.3 is 10.6 Å². The summed E-state index contributed by atoms with van der Waals surface area (Å²) in [7, 11) is 1.95. The van der Waals surface area contributed by atoms with Crippen molar-refractivity contribution >= 4 is 27.5 Å². The van der Waals surface area contributed by atoms with Crippen LogP contribution in [-0.2, 0) is 7.05 Å². The number of aromatic nitrogens is 2. The summed E-state index contributed by atoms with van der Waals surface area (Å²) < 4.78 is 1.89. The van der Waals surface area contributed by atoms with Gasteiger partial charge in [0, 0.05) is 31.4 Å². The molecule has 5 nitrogen and oxygen atoms in total. The summed E-state index contributed by atoms with van der Waals surface area (Å²) in [4.78, 5) is 17.0. The Balaban J connectivity index is 1.61. The molecule has 0 spiro atoms. The first-order valence-corrected chi connectivity index (χ1v) is 10.3. The van der Waals surface area contributed by atoms with Gasteiger partial charge in [0.15, 0.2) is 0 Å². The lowest BCUT2D eigenvalue weighted by molar-refractivity contribution is 0.0791. The normalized spacial score (nSPS) is 20.1. The summed E-state index contributed by atoms with van der Waals surface area (Å²) in [6, 6.07) is 12.4. The van der Waals surface area contributed by atoms with E-state index in [1.807, 2.05) is 28.8 Å². The number of nitrogens with two attached hydrogens (primary N) is 1. The highest BCUT2D eigenvalue weighted by Gasteiger charge is 2.36. The number of rotatable bonds is 4. The number of carbonyl (C=O) groups is 1. The number of hydrogen-bond acceptors (Lipinski definition) is 4. The van der Waals surface area contributed by atoms with Gasteiger partial charge in [-0.25, -0.2) is 0 Å². The van der Waals surface area contributed by atoms with Gasteiger partial charge in [0.1, 0.15) is 4.83 Å². The first-order chi connectivity index (χ1) is 13.0. The third kappa shape index (κ3) is 3.17. The van der Waals surface area contributed by atoms with Crippen molar-refractivity contribution in [1.29, 1.82) is 0 Å². The van der Waals surface area contributed by atoms with Crippen LogP contribution in [0.15, 0.2) is 36.4 Å². The van der Waals surface area contributed by atoms with Crippen molar-refractivity contribution in [3.05, 3.63) is 52.5 Å². The van der Waals surface area contributed by atoms with Crippen LogP contribution >= 0.6 is 11.3 Å². The van der Waals surface area contributed by atoms with E-state index in [9.17, 15) is 4.79 Å². The molecule has 4 rings (SSSR count). The van der Waals surface area contributed by atoms with Crippen molar-refractivity contribution in [2.75, 3.05) is 19.6 Å². The van der Waals surface area contributed by atoms with E-state index < -0.39 is 0 Å². The van der Waals surface area contributed by atoms with Crippen molar-refractivity contribution in [3.63, 3.8) is 0 Å². The molecule has 1 aromatic carbocycles.